The van der Waals surface area contributed by atoms with Gasteiger partial charge in [-0.25, -0.2) is 0 Å². The maximum atomic E-state index is 12.1. The fourth-order valence-electron chi connectivity index (χ4n) is 2.47. The zero-order valence-corrected chi connectivity index (χ0v) is 12.1. The van der Waals surface area contributed by atoms with Crippen molar-refractivity contribution >= 4 is 5.91 Å². The first-order valence-corrected chi connectivity index (χ1v) is 7.16. The third-order valence-corrected chi connectivity index (χ3v) is 3.77. The van der Waals surface area contributed by atoms with E-state index in [0.29, 0.717) is 5.92 Å². The van der Waals surface area contributed by atoms with Crippen LogP contribution in [0.2, 0.25) is 0 Å². The van der Waals surface area contributed by atoms with Crippen molar-refractivity contribution in [1.82, 2.24) is 10.2 Å². The highest BCUT2D eigenvalue weighted by molar-refractivity contribution is 5.81. The van der Waals surface area contributed by atoms with Crippen LogP contribution in [-0.4, -0.2) is 29.9 Å². The maximum absolute atomic E-state index is 12.1. The summed E-state index contributed by atoms with van der Waals surface area (Å²) in [6.07, 6.45) is 1.04. The van der Waals surface area contributed by atoms with E-state index in [2.05, 4.69) is 48.3 Å². The Hall–Kier alpha value is -1.35. The summed E-state index contributed by atoms with van der Waals surface area (Å²) in [6.45, 7) is 8.83. The van der Waals surface area contributed by atoms with E-state index in [0.717, 1.165) is 26.1 Å². The maximum Gasteiger partial charge on any atom is 0.237 e. The van der Waals surface area contributed by atoms with Crippen molar-refractivity contribution in [2.75, 3.05) is 13.1 Å². The molecule has 1 amide bonds. The summed E-state index contributed by atoms with van der Waals surface area (Å²) in [5, 5.41) is 3.02. The Morgan fingerprint density at radius 3 is 2.63 bits per heavy atom. The van der Waals surface area contributed by atoms with Crippen molar-refractivity contribution in [2.45, 2.75) is 39.8 Å². The summed E-state index contributed by atoms with van der Waals surface area (Å²) in [5.41, 5.74) is 2.78. The Balaban J connectivity index is 1.95. The number of hydrogen-bond donors (Lipinski definition) is 1. The van der Waals surface area contributed by atoms with E-state index in [1.54, 1.807) is 0 Å². The number of nitrogens with zero attached hydrogens (tertiary/aromatic N) is 1. The molecule has 19 heavy (non-hydrogen) atoms. The molecule has 1 aromatic carbocycles. The van der Waals surface area contributed by atoms with E-state index in [9.17, 15) is 4.79 Å². The van der Waals surface area contributed by atoms with Gasteiger partial charge in [0.25, 0.3) is 0 Å². The quantitative estimate of drug-likeness (QED) is 0.900. The number of fused-ring (bicyclic) bond motifs is 1. The summed E-state index contributed by atoms with van der Waals surface area (Å²) in [6, 6.07) is 8.47. The van der Waals surface area contributed by atoms with Gasteiger partial charge in [-0.2, -0.15) is 0 Å². The molecule has 0 aromatic heterocycles. The van der Waals surface area contributed by atoms with E-state index >= 15 is 0 Å². The fraction of sp³-hybridized carbons (Fsp3) is 0.562. The summed E-state index contributed by atoms with van der Waals surface area (Å²) < 4.78 is 0. The molecule has 0 aliphatic carbocycles. The predicted octanol–water partition coefficient (Wildman–Crippen LogP) is 2.21. The molecule has 1 N–H and O–H groups in total. The fourth-order valence-corrected chi connectivity index (χ4v) is 2.47. The van der Waals surface area contributed by atoms with Gasteiger partial charge in [-0.05, 0) is 30.4 Å². The molecule has 1 heterocycles. The van der Waals surface area contributed by atoms with Crippen molar-refractivity contribution < 1.29 is 4.79 Å². The van der Waals surface area contributed by atoms with E-state index in [4.69, 9.17) is 0 Å². The van der Waals surface area contributed by atoms with Crippen LogP contribution in [0.5, 0.6) is 0 Å². The molecule has 0 saturated carbocycles. The number of nitrogens with one attached hydrogen (secondary N) is 1. The first-order chi connectivity index (χ1) is 9.08. The van der Waals surface area contributed by atoms with Crippen LogP contribution in [0.3, 0.4) is 0 Å². The van der Waals surface area contributed by atoms with Crippen LogP contribution in [0.25, 0.3) is 0 Å². The van der Waals surface area contributed by atoms with E-state index < -0.39 is 0 Å². The zero-order valence-electron chi connectivity index (χ0n) is 12.1. The lowest BCUT2D eigenvalue weighted by Gasteiger charge is -2.33. The lowest BCUT2D eigenvalue weighted by Crippen LogP contribution is -2.47. The van der Waals surface area contributed by atoms with Gasteiger partial charge in [0.15, 0.2) is 0 Å². The number of hydrogen-bond acceptors (Lipinski definition) is 2. The summed E-state index contributed by atoms with van der Waals surface area (Å²) in [7, 11) is 0. The van der Waals surface area contributed by atoms with Gasteiger partial charge in [0.1, 0.15) is 0 Å². The van der Waals surface area contributed by atoms with Gasteiger partial charge in [0.2, 0.25) is 5.91 Å². The third-order valence-electron chi connectivity index (χ3n) is 3.77. The van der Waals surface area contributed by atoms with E-state index in [1.807, 2.05) is 6.92 Å². The van der Waals surface area contributed by atoms with Crippen LogP contribution in [-0.2, 0) is 17.8 Å². The molecule has 0 unspecified atom stereocenters. The molecule has 0 spiro atoms. The van der Waals surface area contributed by atoms with Crippen molar-refractivity contribution in [3.05, 3.63) is 35.4 Å². The molecular weight excluding hydrogens is 236 g/mol. The van der Waals surface area contributed by atoms with Gasteiger partial charge in [-0.15, -0.1) is 0 Å². The van der Waals surface area contributed by atoms with Crippen LogP contribution >= 0.6 is 0 Å². The third kappa shape index (κ3) is 3.57. The van der Waals surface area contributed by atoms with Crippen molar-refractivity contribution in [2.24, 2.45) is 5.92 Å². The molecule has 3 nitrogen and oxygen atoms in total. The Morgan fingerprint density at radius 1 is 1.26 bits per heavy atom. The number of carbonyl (C=O) groups excluding carboxylic acids is 1. The number of rotatable bonds is 4. The van der Waals surface area contributed by atoms with Crippen LogP contribution in [0, 0.1) is 5.92 Å². The van der Waals surface area contributed by atoms with Crippen molar-refractivity contribution in [3.8, 4) is 0 Å². The molecule has 1 aromatic rings. The van der Waals surface area contributed by atoms with Crippen molar-refractivity contribution in [3.63, 3.8) is 0 Å². The topological polar surface area (TPSA) is 32.3 Å². The second kappa shape index (κ2) is 6.20. The minimum atomic E-state index is -0.0490. The molecule has 0 radical (unpaired) electrons. The molecule has 1 aliphatic rings. The summed E-state index contributed by atoms with van der Waals surface area (Å²) in [4.78, 5) is 14.4. The second-order valence-corrected chi connectivity index (χ2v) is 5.80. The standard InChI is InChI=1S/C16H24N2O/c1-12(2)10-17-16(19)13(3)18-9-8-14-6-4-5-7-15(14)11-18/h4-7,12-13H,8-11H2,1-3H3,(H,17,19)/t13-/m0/s1. The number of benzene rings is 1. The highest BCUT2D eigenvalue weighted by Crippen LogP contribution is 2.20. The zero-order chi connectivity index (χ0) is 13.8. The van der Waals surface area contributed by atoms with Gasteiger partial charge < -0.3 is 5.32 Å². The number of carbonyl (C=O) groups is 1. The van der Waals surface area contributed by atoms with Gasteiger partial charge in [0, 0.05) is 19.6 Å². The van der Waals surface area contributed by atoms with E-state index in [-0.39, 0.29) is 11.9 Å². The summed E-state index contributed by atoms with van der Waals surface area (Å²) in [5.74, 6) is 0.645. The van der Waals surface area contributed by atoms with Crippen LogP contribution in [0.1, 0.15) is 31.9 Å². The highest BCUT2D eigenvalue weighted by Gasteiger charge is 2.24. The normalized spacial score (nSPS) is 17.1. The molecule has 104 valence electrons. The molecule has 1 aliphatic heterocycles. The lowest BCUT2D eigenvalue weighted by atomic mass is 9.99. The minimum absolute atomic E-state index is 0.0490. The first kappa shape index (κ1) is 14.1. The molecule has 0 saturated heterocycles. The van der Waals surface area contributed by atoms with Gasteiger partial charge in [0.05, 0.1) is 6.04 Å². The van der Waals surface area contributed by atoms with Gasteiger partial charge in [-0.3, -0.25) is 9.69 Å². The Kier molecular flexibility index (Phi) is 4.59. The van der Waals surface area contributed by atoms with Crippen LogP contribution < -0.4 is 5.32 Å². The second-order valence-electron chi connectivity index (χ2n) is 5.80. The SMILES string of the molecule is CC(C)CNC(=O)[C@H](C)N1CCc2ccccc2C1. The molecule has 0 bridgehead atoms. The Bertz CT molecular complexity index is 442. The Labute approximate surface area is 116 Å². The van der Waals surface area contributed by atoms with Crippen molar-refractivity contribution in [1.29, 1.82) is 0 Å². The molecule has 2 rings (SSSR count). The highest BCUT2D eigenvalue weighted by atomic mass is 16.2. The van der Waals surface area contributed by atoms with E-state index in [1.165, 1.54) is 11.1 Å². The molecule has 1 atom stereocenters. The average Bonchev–Trinajstić information content (AvgIpc) is 2.43. The Morgan fingerprint density at radius 2 is 1.95 bits per heavy atom. The van der Waals surface area contributed by atoms with Gasteiger partial charge >= 0.3 is 0 Å². The lowest BCUT2D eigenvalue weighted by molar-refractivity contribution is -0.126. The molecule has 0 fully saturated rings. The minimum Gasteiger partial charge on any atom is -0.354 e. The van der Waals surface area contributed by atoms with Crippen LogP contribution in [0.4, 0.5) is 0 Å². The smallest absolute Gasteiger partial charge is 0.237 e. The first-order valence-electron chi connectivity index (χ1n) is 7.16. The monoisotopic (exact) mass is 260 g/mol. The summed E-state index contributed by atoms with van der Waals surface area (Å²) >= 11 is 0. The van der Waals surface area contributed by atoms with Gasteiger partial charge in [-0.1, -0.05) is 38.1 Å². The predicted molar refractivity (Wildman–Crippen MR) is 77.9 cm³/mol. The average molecular weight is 260 g/mol. The molecule has 3 heteroatoms. The largest absolute Gasteiger partial charge is 0.354 e. The molecular formula is C16H24N2O. The number of amides is 1. The van der Waals surface area contributed by atoms with Crippen LogP contribution in [0.15, 0.2) is 24.3 Å².